The average molecular weight is 497 g/mol. The molecule has 2 aromatic rings. The topological polar surface area (TPSA) is 75.7 Å². The van der Waals surface area contributed by atoms with E-state index in [9.17, 15) is 13.2 Å². The van der Waals surface area contributed by atoms with Gasteiger partial charge >= 0.3 is 0 Å². The Morgan fingerprint density at radius 3 is 2.03 bits per heavy atom. The highest BCUT2D eigenvalue weighted by Gasteiger charge is 2.51. The number of ether oxygens (including phenoxy) is 1. The van der Waals surface area contributed by atoms with E-state index in [1.807, 2.05) is 19.1 Å². The van der Waals surface area contributed by atoms with Crippen LogP contribution < -0.4 is 14.4 Å². The number of benzene rings is 2. The Bertz CT molecular complexity index is 1140. The predicted molar refractivity (Wildman–Crippen MR) is 139 cm³/mol. The Hall–Kier alpha value is -2.54. The molecular formula is C28H36N2O4S. The van der Waals surface area contributed by atoms with Gasteiger partial charge in [-0.15, -0.1) is 0 Å². The molecule has 0 heterocycles. The SMILES string of the molecule is CCOc1ccc(N(C(C)C(=O)Nc2ccc(C34CC5CC(CC(C5)C3)C4)cc2)S(C)(=O)=O)cc1. The van der Waals surface area contributed by atoms with Gasteiger partial charge < -0.3 is 10.1 Å². The molecule has 6 rings (SSSR count). The molecule has 188 valence electrons. The van der Waals surface area contributed by atoms with Crippen LogP contribution in [-0.2, 0) is 20.2 Å². The first-order chi connectivity index (χ1) is 16.7. The van der Waals surface area contributed by atoms with E-state index in [4.69, 9.17) is 4.74 Å². The third-order valence-electron chi connectivity index (χ3n) is 8.29. The van der Waals surface area contributed by atoms with Crippen LogP contribution in [0.5, 0.6) is 5.75 Å². The zero-order chi connectivity index (χ0) is 24.8. The molecule has 6 nitrogen and oxygen atoms in total. The summed E-state index contributed by atoms with van der Waals surface area (Å²) < 4.78 is 31.8. The summed E-state index contributed by atoms with van der Waals surface area (Å²) in [6.07, 6.45) is 9.25. The Morgan fingerprint density at radius 2 is 1.54 bits per heavy atom. The number of rotatable bonds is 8. The van der Waals surface area contributed by atoms with Crippen LogP contribution in [0.15, 0.2) is 48.5 Å². The van der Waals surface area contributed by atoms with Crippen molar-refractivity contribution in [2.75, 3.05) is 22.5 Å². The lowest BCUT2D eigenvalue weighted by Gasteiger charge is -2.57. The average Bonchev–Trinajstić information content (AvgIpc) is 2.79. The summed E-state index contributed by atoms with van der Waals surface area (Å²) >= 11 is 0. The number of sulfonamides is 1. The monoisotopic (exact) mass is 496 g/mol. The molecule has 4 aliphatic rings. The first-order valence-electron chi connectivity index (χ1n) is 12.8. The lowest BCUT2D eigenvalue weighted by Crippen LogP contribution is -2.48. The van der Waals surface area contributed by atoms with Crippen molar-refractivity contribution in [1.29, 1.82) is 0 Å². The molecule has 4 aliphatic carbocycles. The Morgan fingerprint density at radius 1 is 1.00 bits per heavy atom. The van der Waals surface area contributed by atoms with Crippen molar-refractivity contribution in [3.05, 3.63) is 54.1 Å². The third-order valence-corrected chi connectivity index (χ3v) is 9.54. The molecule has 0 radical (unpaired) electrons. The van der Waals surface area contributed by atoms with Crippen molar-refractivity contribution in [2.24, 2.45) is 17.8 Å². The van der Waals surface area contributed by atoms with Crippen molar-refractivity contribution in [2.45, 2.75) is 63.8 Å². The summed E-state index contributed by atoms with van der Waals surface area (Å²) in [5.41, 5.74) is 2.83. The number of hydrogen-bond donors (Lipinski definition) is 1. The molecule has 0 spiro atoms. The van der Waals surface area contributed by atoms with Gasteiger partial charge in [-0.3, -0.25) is 9.10 Å². The minimum absolute atomic E-state index is 0.311. The standard InChI is InChI=1S/C28H36N2O4S/c1-4-34-26-11-9-25(10-12-26)30(35(3,32)33)19(2)27(31)29-24-7-5-23(6-8-24)28-16-20-13-21(17-28)15-22(14-20)18-28/h5-12,19-22H,4,13-18H2,1-3H3,(H,29,31). The minimum Gasteiger partial charge on any atom is -0.494 e. The van der Waals surface area contributed by atoms with E-state index in [0.717, 1.165) is 28.3 Å². The van der Waals surface area contributed by atoms with Crippen LogP contribution in [0.3, 0.4) is 0 Å². The van der Waals surface area contributed by atoms with Gasteiger partial charge in [0.15, 0.2) is 0 Å². The molecule has 35 heavy (non-hydrogen) atoms. The Labute approximate surface area is 209 Å². The van der Waals surface area contributed by atoms with Gasteiger partial charge in [-0.1, -0.05) is 12.1 Å². The van der Waals surface area contributed by atoms with Gasteiger partial charge in [0.2, 0.25) is 15.9 Å². The second kappa shape index (κ2) is 9.16. The van der Waals surface area contributed by atoms with E-state index in [2.05, 4.69) is 17.4 Å². The van der Waals surface area contributed by atoms with Gasteiger partial charge in [-0.25, -0.2) is 8.42 Å². The summed E-state index contributed by atoms with van der Waals surface area (Å²) in [6, 6.07) is 14.1. The maximum absolute atomic E-state index is 13.1. The van der Waals surface area contributed by atoms with Gasteiger partial charge in [-0.05, 0) is 118 Å². The number of amides is 1. The summed E-state index contributed by atoms with van der Waals surface area (Å²) in [6.45, 7) is 4.02. The molecule has 4 bridgehead atoms. The normalized spacial score (nSPS) is 27.9. The van der Waals surface area contributed by atoms with Crippen LogP contribution in [0.1, 0.15) is 57.9 Å². The van der Waals surface area contributed by atoms with Crippen LogP contribution >= 0.6 is 0 Å². The first kappa shape index (κ1) is 24.2. The summed E-state index contributed by atoms with van der Waals surface area (Å²) in [4.78, 5) is 13.1. The fraction of sp³-hybridized carbons (Fsp3) is 0.536. The van der Waals surface area contributed by atoms with E-state index in [1.165, 1.54) is 44.1 Å². The lowest BCUT2D eigenvalue weighted by atomic mass is 9.48. The quantitative estimate of drug-likeness (QED) is 0.535. The molecular weight excluding hydrogens is 460 g/mol. The van der Waals surface area contributed by atoms with Crippen LogP contribution in [0.2, 0.25) is 0 Å². The second-order valence-corrected chi connectivity index (χ2v) is 12.8. The Balaban J connectivity index is 1.30. The number of carbonyl (C=O) groups is 1. The molecule has 2 aromatic carbocycles. The fourth-order valence-corrected chi connectivity index (χ4v) is 8.46. The van der Waals surface area contributed by atoms with Crippen molar-refractivity contribution in [1.82, 2.24) is 0 Å². The van der Waals surface area contributed by atoms with Crippen molar-refractivity contribution >= 4 is 27.3 Å². The third kappa shape index (κ3) is 4.80. The molecule has 1 atom stereocenters. The smallest absolute Gasteiger partial charge is 0.247 e. The number of anilines is 2. The molecule has 1 amide bonds. The molecule has 7 heteroatoms. The highest BCUT2D eigenvalue weighted by Crippen LogP contribution is 2.60. The molecule has 1 N–H and O–H groups in total. The zero-order valence-corrected chi connectivity index (χ0v) is 21.7. The maximum Gasteiger partial charge on any atom is 0.247 e. The van der Waals surface area contributed by atoms with Crippen LogP contribution in [0, 0.1) is 17.8 Å². The molecule has 0 aliphatic heterocycles. The molecule has 4 fully saturated rings. The second-order valence-electron chi connectivity index (χ2n) is 10.9. The molecule has 4 saturated carbocycles. The van der Waals surface area contributed by atoms with E-state index >= 15 is 0 Å². The molecule has 0 saturated heterocycles. The van der Waals surface area contributed by atoms with Gasteiger partial charge in [0, 0.05) is 5.69 Å². The highest BCUT2D eigenvalue weighted by atomic mass is 32.2. The van der Waals surface area contributed by atoms with Crippen LogP contribution in [0.4, 0.5) is 11.4 Å². The lowest BCUT2D eigenvalue weighted by molar-refractivity contribution is -0.116. The number of hydrogen-bond acceptors (Lipinski definition) is 4. The van der Waals surface area contributed by atoms with Gasteiger partial charge in [0.25, 0.3) is 0 Å². The Kier molecular flexibility index (Phi) is 6.32. The van der Waals surface area contributed by atoms with Crippen molar-refractivity contribution in [3.63, 3.8) is 0 Å². The zero-order valence-electron chi connectivity index (χ0n) is 20.9. The van der Waals surface area contributed by atoms with Crippen LogP contribution in [-0.4, -0.2) is 33.2 Å². The van der Waals surface area contributed by atoms with Gasteiger partial charge in [0.05, 0.1) is 18.6 Å². The summed E-state index contributed by atoms with van der Waals surface area (Å²) in [7, 11) is -3.68. The summed E-state index contributed by atoms with van der Waals surface area (Å²) in [5.74, 6) is 2.93. The first-order valence-corrected chi connectivity index (χ1v) is 14.7. The minimum atomic E-state index is -3.68. The molecule has 0 aromatic heterocycles. The number of carbonyl (C=O) groups excluding carboxylic acids is 1. The largest absolute Gasteiger partial charge is 0.494 e. The van der Waals surface area contributed by atoms with Crippen LogP contribution in [0.25, 0.3) is 0 Å². The predicted octanol–water partition coefficient (Wildman–Crippen LogP) is 5.35. The van der Waals surface area contributed by atoms with Gasteiger partial charge in [-0.2, -0.15) is 0 Å². The van der Waals surface area contributed by atoms with Crippen molar-refractivity contribution in [3.8, 4) is 5.75 Å². The number of nitrogens with zero attached hydrogens (tertiary/aromatic N) is 1. The fourth-order valence-electron chi connectivity index (χ4n) is 7.28. The van der Waals surface area contributed by atoms with E-state index in [0.29, 0.717) is 29.1 Å². The van der Waals surface area contributed by atoms with E-state index in [1.54, 1.807) is 31.2 Å². The van der Waals surface area contributed by atoms with E-state index < -0.39 is 16.1 Å². The highest BCUT2D eigenvalue weighted by molar-refractivity contribution is 7.92. The van der Waals surface area contributed by atoms with Gasteiger partial charge in [0.1, 0.15) is 11.8 Å². The van der Waals surface area contributed by atoms with Crippen molar-refractivity contribution < 1.29 is 17.9 Å². The number of nitrogens with one attached hydrogen (secondary N) is 1. The summed E-state index contributed by atoms with van der Waals surface area (Å²) in [5, 5.41) is 2.93. The van der Waals surface area contributed by atoms with E-state index in [-0.39, 0.29) is 5.91 Å². The maximum atomic E-state index is 13.1. The molecule has 1 unspecified atom stereocenters.